The largest absolute Gasteiger partial charge is 0.364 e. The fourth-order valence-electron chi connectivity index (χ4n) is 0.384. The Kier molecular flexibility index (Phi) is 4.78. The molecular weight excluding hydrogens is 148 g/mol. The predicted octanol–water partition coefficient (Wildman–Crippen LogP) is -0.633. The van der Waals surface area contributed by atoms with Gasteiger partial charge in [-0.15, -0.1) is 0 Å². The van der Waals surface area contributed by atoms with Crippen LogP contribution in [0, 0.1) is 0 Å². The van der Waals surface area contributed by atoms with Gasteiger partial charge in [0.1, 0.15) is 0 Å². The summed E-state index contributed by atoms with van der Waals surface area (Å²) in [5, 5.41) is 8.79. The zero-order chi connectivity index (χ0) is 7.98. The molecule has 0 spiro atoms. The zero-order valence-corrected chi connectivity index (χ0v) is 6.98. The molecule has 0 fully saturated rings. The number of nitrogens with one attached hydrogen (secondary N) is 1. The monoisotopic (exact) mass is 160 g/mol. The zero-order valence-electron chi connectivity index (χ0n) is 6.16. The van der Waals surface area contributed by atoms with Gasteiger partial charge in [0.05, 0.1) is 0 Å². The number of hydrogen-bond acceptors (Lipinski definition) is 3. The Morgan fingerprint density at radius 3 is 2.90 bits per heavy atom. The molecule has 58 valence electrons. The molecule has 0 aliphatic carbocycles. The van der Waals surface area contributed by atoms with E-state index in [4.69, 9.17) is 18.0 Å². The van der Waals surface area contributed by atoms with Crippen molar-refractivity contribution in [1.82, 2.24) is 10.3 Å². The Balaban J connectivity index is 3.72. The first kappa shape index (κ1) is 9.32. The topological polar surface area (TPSA) is 53.6 Å². The second kappa shape index (κ2) is 5.13. The molecule has 0 aromatic carbocycles. The number of rotatable bonds is 2. The van der Waals surface area contributed by atoms with Crippen molar-refractivity contribution in [2.75, 3.05) is 20.6 Å². The molecular formula is C5H12N4S. The van der Waals surface area contributed by atoms with Gasteiger partial charge in [-0.3, -0.25) is 0 Å². The molecule has 0 amide bonds. The highest BCUT2D eigenvalue weighted by atomic mass is 32.1. The molecule has 0 aliphatic rings. The van der Waals surface area contributed by atoms with E-state index < -0.39 is 0 Å². The quantitative estimate of drug-likeness (QED) is 0.321. The Morgan fingerprint density at radius 2 is 2.50 bits per heavy atom. The van der Waals surface area contributed by atoms with Crippen molar-refractivity contribution in [2.24, 2.45) is 10.8 Å². The molecule has 0 heterocycles. The summed E-state index contributed by atoms with van der Waals surface area (Å²) in [6.07, 6.45) is 1.59. The maximum atomic E-state index is 5.18. The van der Waals surface area contributed by atoms with Crippen LogP contribution in [0.5, 0.6) is 0 Å². The van der Waals surface area contributed by atoms with E-state index in [1.54, 1.807) is 25.3 Å². The minimum Gasteiger partial charge on any atom is -0.364 e. The van der Waals surface area contributed by atoms with Crippen LogP contribution in [0.2, 0.25) is 0 Å². The van der Waals surface area contributed by atoms with Crippen LogP contribution >= 0.6 is 12.2 Å². The van der Waals surface area contributed by atoms with E-state index in [-0.39, 0.29) is 0 Å². The summed E-state index contributed by atoms with van der Waals surface area (Å²) < 4.78 is 0. The van der Waals surface area contributed by atoms with E-state index in [1.165, 1.54) is 0 Å². The highest BCUT2D eigenvalue weighted by molar-refractivity contribution is 7.80. The van der Waals surface area contributed by atoms with Crippen molar-refractivity contribution in [3.05, 3.63) is 0 Å². The molecule has 4 nitrogen and oxygen atoms in total. The predicted molar refractivity (Wildman–Crippen MR) is 47.0 cm³/mol. The van der Waals surface area contributed by atoms with Gasteiger partial charge >= 0.3 is 0 Å². The lowest BCUT2D eigenvalue weighted by Crippen LogP contribution is -2.31. The van der Waals surface area contributed by atoms with Crippen LogP contribution in [-0.2, 0) is 0 Å². The van der Waals surface area contributed by atoms with Gasteiger partial charge in [-0.25, -0.2) is 5.01 Å². The molecule has 0 saturated heterocycles. The fourth-order valence-corrected chi connectivity index (χ4v) is 0.431. The summed E-state index contributed by atoms with van der Waals surface area (Å²) in [5.74, 6) is 0. The molecule has 0 aromatic rings. The van der Waals surface area contributed by atoms with Crippen LogP contribution in [0.3, 0.4) is 0 Å². The average molecular weight is 160 g/mol. The van der Waals surface area contributed by atoms with Gasteiger partial charge in [0, 0.05) is 26.9 Å². The molecule has 0 unspecified atom stereocenters. The normalized spacial score (nSPS) is 9.90. The molecule has 0 aromatic heterocycles. The van der Waals surface area contributed by atoms with Crippen molar-refractivity contribution in [3.8, 4) is 0 Å². The number of hydrazone groups is 1. The van der Waals surface area contributed by atoms with Crippen molar-refractivity contribution < 1.29 is 0 Å². The number of nitrogens with two attached hydrogens (primary N) is 1. The first-order valence-corrected chi connectivity index (χ1v) is 3.31. The molecule has 0 radical (unpaired) electrons. The molecule has 0 saturated carbocycles. The Morgan fingerprint density at radius 1 is 1.90 bits per heavy atom. The average Bonchev–Trinajstić information content (AvgIpc) is 1.98. The van der Waals surface area contributed by atoms with Crippen LogP contribution < -0.4 is 11.1 Å². The summed E-state index contributed by atoms with van der Waals surface area (Å²) in [5.41, 5.74) is 5.18. The first-order chi connectivity index (χ1) is 4.72. The molecule has 0 atom stereocenters. The third kappa shape index (κ3) is 3.37. The molecule has 0 aliphatic heterocycles. The second-order valence-corrected chi connectivity index (χ2v) is 2.00. The minimum absolute atomic E-state index is 0.427. The van der Waals surface area contributed by atoms with Crippen LogP contribution in [0.1, 0.15) is 0 Å². The second-order valence-electron chi connectivity index (χ2n) is 1.61. The lowest BCUT2D eigenvalue weighted by molar-refractivity contribution is 0.539. The SMILES string of the molecule is CNC(=S)N(C)N=CCN. The van der Waals surface area contributed by atoms with Crippen molar-refractivity contribution in [1.29, 1.82) is 0 Å². The Labute approximate surface area is 66.1 Å². The van der Waals surface area contributed by atoms with E-state index >= 15 is 0 Å². The number of thiocarbonyl (C=S) groups is 1. The van der Waals surface area contributed by atoms with Gasteiger partial charge in [0.2, 0.25) is 0 Å². The van der Waals surface area contributed by atoms with Crippen LogP contribution in [0.4, 0.5) is 0 Å². The number of nitrogens with zero attached hydrogens (tertiary/aromatic N) is 2. The smallest absolute Gasteiger partial charge is 0.189 e. The van der Waals surface area contributed by atoms with E-state index in [0.29, 0.717) is 11.7 Å². The molecule has 0 rings (SSSR count). The third-order valence-electron chi connectivity index (χ3n) is 0.868. The van der Waals surface area contributed by atoms with E-state index in [0.717, 1.165) is 0 Å². The van der Waals surface area contributed by atoms with E-state index in [9.17, 15) is 0 Å². The van der Waals surface area contributed by atoms with Crippen LogP contribution in [-0.4, -0.2) is 37.0 Å². The number of hydrogen-bond donors (Lipinski definition) is 2. The molecule has 5 heteroatoms. The van der Waals surface area contributed by atoms with Crippen molar-refractivity contribution in [2.45, 2.75) is 0 Å². The van der Waals surface area contributed by atoms with Crippen LogP contribution in [0.25, 0.3) is 0 Å². The molecule has 0 bridgehead atoms. The van der Waals surface area contributed by atoms with Gasteiger partial charge in [0.15, 0.2) is 5.11 Å². The molecule has 10 heavy (non-hydrogen) atoms. The lowest BCUT2D eigenvalue weighted by Gasteiger charge is -2.11. The van der Waals surface area contributed by atoms with Crippen molar-refractivity contribution >= 4 is 23.5 Å². The van der Waals surface area contributed by atoms with E-state index in [1.807, 2.05) is 0 Å². The van der Waals surface area contributed by atoms with E-state index in [2.05, 4.69) is 10.4 Å². The highest BCUT2D eigenvalue weighted by Crippen LogP contribution is 1.82. The maximum absolute atomic E-state index is 5.18. The van der Waals surface area contributed by atoms with Crippen molar-refractivity contribution in [3.63, 3.8) is 0 Å². The summed E-state index contributed by atoms with van der Waals surface area (Å²) in [4.78, 5) is 0. The standard InChI is InChI=1S/C5H12N4S/c1-7-5(10)9(2)8-4-3-6/h4H,3,6H2,1-2H3,(H,7,10). The fraction of sp³-hybridized carbons (Fsp3) is 0.600. The summed E-state index contributed by atoms with van der Waals surface area (Å²) in [7, 11) is 3.50. The third-order valence-corrected chi connectivity index (χ3v) is 1.34. The highest BCUT2D eigenvalue weighted by Gasteiger charge is 1.94. The van der Waals surface area contributed by atoms with Gasteiger partial charge in [0.25, 0.3) is 0 Å². The summed E-state index contributed by atoms with van der Waals surface area (Å²) in [6.45, 7) is 0.427. The van der Waals surface area contributed by atoms with Gasteiger partial charge in [-0.2, -0.15) is 5.10 Å². The van der Waals surface area contributed by atoms with Gasteiger partial charge < -0.3 is 11.1 Å². The maximum Gasteiger partial charge on any atom is 0.189 e. The van der Waals surface area contributed by atoms with Crippen LogP contribution in [0.15, 0.2) is 5.10 Å². The first-order valence-electron chi connectivity index (χ1n) is 2.90. The Hall–Kier alpha value is -0.680. The van der Waals surface area contributed by atoms with Gasteiger partial charge in [-0.05, 0) is 12.2 Å². The van der Waals surface area contributed by atoms with Gasteiger partial charge in [-0.1, -0.05) is 0 Å². The minimum atomic E-state index is 0.427. The lowest BCUT2D eigenvalue weighted by atomic mass is 10.8. The summed E-state index contributed by atoms with van der Waals surface area (Å²) >= 11 is 4.85. The Bertz CT molecular complexity index is 134. The summed E-state index contributed by atoms with van der Waals surface area (Å²) in [6, 6.07) is 0. The molecule has 3 N–H and O–H groups in total.